The quantitative estimate of drug-likeness (QED) is 0.491. The first kappa shape index (κ1) is 21.9. The van der Waals surface area contributed by atoms with Gasteiger partial charge in [-0.1, -0.05) is 30.2 Å². The minimum atomic E-state index is -0.683. The Hall–Kier alpha value is -2.58. The highest BCUT2D eigenvalue weighted by Gasteiger charge is 2.52. The lowest BCUT2D eigenvalue weighted by Crippen LogP contribution is -2.32. The van der Waals surface area contributed by atoms with Gasteiger partial charge in [0.25, 0.3) is 5.78 Å². The van der Waals surface area contributed by atoms with Gasteiger partial charge in [0, 0.05) is 19.1 Å². The van der Waals surface area contributed by atoms with E-state index in [2.05, 4.69) is 45.3 Å². The minimum Gasteiger partial charge on any atom is -0.367 e. The molecule has 0 spiro atoms. The molecule has 1 aliphatic heterocycles. The van der Waals surface area contributed by atoms with E-state index in [1.807, 2.05) is 6.08 Å². The largest absolute Gasteiger partial charge is 0.367 e. The number of rotatable bonds is 6. The van der Waals surface area contributed by atoms with E-state index in [4.69, 9.17) is 11.6 Å². The summed E-state index contributed by atoms with van der Waals surface area (Å²) in [5.74, 6) is 1.64. The van der Waals surface area contributed by atoms with Crippen molar-refractivity contribution in [2.75, 3.05) is 25.5 Å². The van der Waals surface area contributed by atoms with Gasteiger partial charge in [0.05, 0.1) is 11.1 Å². The predicted molar refractivity (Wildman–Crippen MR) is 129 cm³/mol. The van der Waals surface area contributed by atoms with E-state index in [1.165, 1.54) is 29.4 Å². The Morgan fingerprint density at radius 1 is 1.15 bits per heavy atom. The second-order valence-electron chi connectivity index (χ2n) is 10.1. The van der Waals surface area contributed by atoms with Crippen LogP contribution in [0.25, 0.3) is 23.0 Å². The SMILES string of the molecule is C[C@@H](Nc1c(-c2c(F)cc(/C=C/C3[C@H]4CN(C)C[C@@H]34)cc2F)c(Cl)nc2ncnn12)C1CCC1. The van der Waals surface area contributed by atoms with Crippen molar-refractivity contribution in [1.82, 2.24) is 24.5 Å². The van der Waals surface area contributed by atoms with Crippen LogP contribution in [0.15, 0.2) is 24.5 Å². The summed E-state index contributed by atoms with van der Waals surface area (Å²) >= 11 is 6.49. The van der Waals surface area contributed by atoms with E-state index in [1.54, 1.807) is 0 Å². The van der Waals surface area contributed by atoms with Crippen molar-refractivity contribution in [3.05, 3.63) is 46.9 Å². The summed E-state index contributed by atoms with van der Waals surface area (Å²) in [6.07, 6.45) is 8.71. The molecule has 1 unspecified atom stereocenters. The molecule has 4 atom stereocenters. The zero-order chi connectivity index (χ0) is 23.6. The molecular weight excluding hydrogens is 458 g/mol. The Labute approximate surface area is 202 Å². The molecule has 1 saturated heterocycles. The summed E-state index contributed by atoms with van der Waals surface area (Å²) in [6.45, 7) is 4.25. The minimum absolute atomic E-state index is 0.0140. The van der Waals surface area contributed by atoms with Crippen molar-refractivity contribution in [2.45, 2.75) is 32.2 Å². The molecule has 2 saturated carbocycles. The lowest BCUT2D eigenvalue weighted by molar-refractivity contribution is 0.284. The molecule has 6 nitrogen and oxygen atoms in total. The lowest BCUT2D eigenvalue weighted by atomic mass is 9.80. The molecule has 6 rings (SSSR count). The van der Waals surface area contributed by atoms with Gasteiger partial charge in [0.1, 0.15) is 28.9 Å². The van der Waals surface area contributed by atoms with E-state index in [0.717, 1.165) is 25.9 Å². The van der Waals surface area contributed by atoms with Gasteiger partial charge < -0.3 is 10.2 Å². The Bertz CT molecular complexity index is 1250. The molecule has 0 amide bonds. The molecule has 3 aliphatic rings. The number of hydrogen-bond acceptors (Lipinski definition) is 5. The standard InChI is InChI=1S/C25H27ClF2N6/c1-13(15-4-3-5-15)31-24-22(23(26)32-25-29-12-30-34(24)25)21-19(27)8-14(9-20(21)28)6-7-16-17-10-33(2)11-18(16)17/h6-9,12-13,15-18,31H,3-5,10-11H2,1-2H3/b7-6+/t13-,16?,17-,18+/m1/s1. The second kappa shape index (κ2) is 8.27. The third-order valence-corrected chi connectivity index (χ3v) is 8.15. The Morgan fingerprint density at radius 2 is 1.85 bits per heavy atom. The maximum atomic E-state index is 15.4. The fraction of sp³-hybridized carbons (Fsp3) is 0.480. The molecule has 3 fully saturated rings. The molecule has 0 radical (unpaired) electrons. The van der Waals surface area contributed by atoms with Gasteiger partial charge in [-0.3, -0.25) is 0 Å². The first-order valence-corrected chi connectivity index (χ1v) is 12.3. The van der Waals surface area contributed by atoms with Crippen LogP contribution in [0.1, 0.15) is 31.7 Å². The monoisotopic (exact) mass is 484 g/mol. The van der Waals surface area contributed by atoms with E-state index < -0.39 is 11.6 Å². The topological polar surface area (TPSA) is 58.3 Å². The molecule has 3 aromatic rings. The van der Waals surface area contributed by atoms with Gasteiger partial charge in [0.2, 0.25) is 0 Å². The lowest BCUT2D eigenvalue weighted by Gasteiger charge is -2.33. The number of nitrogens with one attached hydrogen (secondary N) is 1. The van der Waals surface area contributed by atoms with Crippen LogP contribution in [0.5, 0.6) is 0 Å². The number of benzene rings is 1. The first-order chi connectivity index (χ1) is 16.4. The fourth-order valence-electron chi connectivity index (χ4n) is 5.66. The molecule has 34 heavy (non-hydrogen) atoms. The fourth-order valence-corrected chi connectivity index (χ4v) is 5.92. The highest BCUT2D eigenvalue weighted by atomic mass is 35.5. The molecule has 1 N–H and O–H groups in total. The highest BCUT2D eigenvalue weighted by molar-refractivity contribution is 6.33. The van der Waals surface area contributed by atoms with Gasteiger partial charge in [-0.15, -0.1) is 0 Å². The Kier molecular flexibility index (Phi) is 5.33. The summed E-state index contributed by atoms with van der Waals surface area (Å²) in [4.78, 5) is 10.7. The van der Waals surface area contributed by atoms with Crippen LogP contribution in [-0.2, 0) is 0 Å². The van der Waals surface area contributed by atoms with Crippen molar-refractivity contribution < 1.29 is 8.78 Å². The van der Waals surface area contributed by atoms with Gasteiger partial charge in [0.15, 0.2) is 0 Å². The Balaban J connectivity index is 1.36. The van der Waals surface area contributed by atoms with Gasteiger partial charge in [-0.2, -0.15) is 19.6 Å². The molecule has 2 aromatic heterocycles. The third kappa shape index (κ3) is 3.67. The third-order valence-electron chi connectivity index (χ3n) is 7.87. The highest BCUT2D eigenvalue weighted by Crippen LogP contribution is 2.52. The summed E-state index contributed by atoms with van der Waals surface area (Å²) in [7, 11) is 2.13. The molecule has 3 heterocycles. The van der Waals surface area contributed by atoms with E-state index in [9.17, 15) is 0 Å². The zero-order valence-corrected chi connectivity index (χ0v) is 19.9. The molecular formula is C25H27ClF2N6. The second-order valence-corrected chi connectivity index (χ2v) is 10.4. The zero-order valence-electron chi connectivity index (χ0n) is 19.2. The van der Waals surface area contributed by atoms with E-state index in [-0.39, 0.29) is 28.1 Å². The first-order valence-electron chi connectivity index (χ1n) is 11.9. The number of allylic oxidation sites excluding steroid dienone is 1. The maximum Gasteiger partial charge on any atom is 0.255 e. The van der Waals surface area contributed by atoms with Gasteiger partial charge >= 0.3 is 0 Å². The summed E-state index contributed by atoms with van der Waals surface area (Å²) in [6, 6.07) is 2.81. The molecule has 2 aliphatic carbocycles. The predicted octanol–water partition coefficient (Wildman–Crippen LogP) is 5.14. The van der Waals surface area contributed by atoms with E-state index in [0.29, 0.717) is 35.1 Å². The molecule has 1 aromatic carbocycles. The molecule has 9 heteroatoms. The van der Waals surface area contributed by atoms with Crippen molar-refractivity contribution in [2.24, 2.45) is 23.7 Å². The van der Waals surface area contributed by atoms with Crippen LogP contribution in [0.3, 0.4) is 0 Å². The normalized spacial score (nSPS) is 25.6. The van der Waals surface area contributed by atoms with Crippen LogP contribution in [0.2, 0.25) is 5.15 Å². The van der Waals surface area contributed by atoms with Crippen LogP contribution in [-0.4, -0.2) is 50.7 Å². The maximum absolute atomic E-state index is 15.4. The Morgan fingerprint density at radius 3 is 2.50 bits per heavy atom. The molecule has 178 valence electrons. The number of piperidine rings is 1. The number of hydrogen-bond donors (Lipinski definition) is 1. The summed E-state index contributed by atoms with van der Waals surface area (Å²) in [5, 5.41) is 7.63. The number of likely N-dealkylation sites (tertiary alicyclic amines) is 1. The van der Waals surface area contributed by atoms with E-state index >= 15 is 8.78 Å². The average Bonchev–Trinajstić information content (AvgIpc) is 3.06. The van der Waals surface area contributed by atoms with Crippen LogP contribution in [0.4, 0.5) is 14.6 Å². The smallest absolute Gasteiger partial charge is 0.255 e. The van der Waals surface area contributed by atoms with Crippen LogP contribution in [0, 0.1) is 35.3 Å². The number of anilines is 1. The van der Waals surface area contributed by atoms with Crippen molar-refractivity contribution in [3.8, 4) is 11.1 Å². The van der Waals surface area contributed by atoms with Crippen LogP contribution >= 0.6 is 11.6 Å². The summed E-state index contributed by atoms with van der Waals surface area (Å²) < 4.78 is 32.3. The summed E-state index contributed by atoms with van der Waals surface area (Å²) in [5.41, 5.74) is 0.455. The van der Waals surface area contributed by atoms with Crippen molar-refractivity contribution in [1.29, 1.82) is 0 Å². The van der Waals surface area contributed by atoms with Crippen molar-refractivity contribution in [3.63, 3.8) is 0 Å². The molecule has 0 bridgehead atoms. The van der Waals surface area contributed by atoms with Gasteiger partial charge in [-0.05, 0) is 68.2 Å². The number of nitrogens with zero attached hydrogens (tertiary/aromatic N) is 5. The number of aromatic nitrogens is 4. The van der Waals surface area contributed by atoms with Gasteiger partial charge in [-0.25, -0.2) is 8.78 Å². The number of halogens is 3. The number of fused-ring (bicyclic) bond motifs is 2. The average molecular weight is 485 g/mol. The van der Waals surface area contributed by atoms with Crippen molar-refractivity contribution >= 4 is 29.3 Å². The van der Waals surface area contributed by atoms with Crippen LogP contribution < -0.4 is 5.32 Å².